The van der Waals surface area contributed by atoms with Gasteiger partial charge in [-0.25, -0.2) is 4.98 Å². The largest absolute Gasteiger partial charge is 0.373 e. The van der Waals surface area contributed by atoms with Gasteiger partial charge in [-0.05, 0) is 6.07 Å². The molecule has 62 valence electrons. The molecule has 12 heavy (non-hydrogen) atoms. The van der Waals surface area contributed by atoms with E-state index in [1.165, 1.54) is 6.20 Å². The van der Waals surface area contributed by atoms with Crippen molar-refractivity contribution in [3.8, 4) is 0 Å². The highest BCUT2D eigenvalue weighted by atomic mass is 16.1. The van der Waals surface area contributed by atoms with E-state index in [0.29, 0.717) is 23.2 Å². The van der Waals surface area contributed by atoms with Crippen molar-refractivity contribution in [1.82, 2.24) is 4.98 Å². The molecular weight excluding hydrogens is 154 g/mol. The molecule has 0 aliphatic carbocycles. The maximum atomic E-state index is 10.3. The van der Waals surface area contributed by atoms with Crippen molar-refractivity contribution in [3.63, 3.8) is 0 Å². The molecule has 0 atom stereocenters. The van der Waals surface area contributed by atoms with Crippen LogP contribution in [0.5, 0.6) is 0 Å². The SMILES string of the molecule is CNc1ncc(C=O)cc1C=N. The van der Waals surface area contributed by atoms with E-state index in [1.54, 1.807) is 13.1 Å². The molecule has 0 unspecified atom stereocenters. The lowest BCUT2D eigenvalue weighted by atomic mass is 10.2. The van der Waals surface area contributed by atoms with Gasteiger partial charge < -0.3 is 10.7 Å². The van der Waals surface area contributed by atoms with Crippen LogP contribution in [0, 0.1) is 5.41 Å². The van der Waals surface area contributed by atoms with Crippen LogP contribution in [0.25, 0.3) is 0 Å². The summed E-state index contributed by atoms with van der Waals surface area (Å²) in [6.07, 6.45) is 3.33. The Labute approximate surface area is 70.1 Å². The van der Waals surface area contributed by atoms with Gasteiger partial charge in [-0.2, -0.15) is 0 Å². The summed E-state index contributed by atoms with van der Waals surface area (Å²) in [7, 11) is 1.72. The van der Waals surface area contributed by atoms with E-state index >= 15 is 0 Å². The smallest absolute Gasteiger partial charge is 0.151 e. The van der Waals surface area contributed by atoms with Crippen molar-refractivity contribution in [1.29, 1.82) is 5.41 Å². The molecule has 0 aliphatic heterocycles. The van der Waals surface area contributed by atoms with Crippen LogP contribution in [0.4, 0.5) is 5.82 Å². The van der Waals surface area contributed by atoms with Gasteiger partial charge in [0.05, 0.1) is 0 Å². The fourth-order valence-corrected chi connectivity index (χ4v) is 0.882. The maximum Gasteiger partial charge on any atom is 0.151 e. The summed E-state index contributed by atoms with van der Waals surface area (Å²) in [4.78, 5) is 14.3. The van der Waals surface area contributed by atoms with E-state index in [-0.39, 0.29) is 0 Å². The molecule has 0 saturated heterocycles. The highest BCUT2D eigenvalue weighted by molar-refractivity contribution is 5.87. The first-order valence-electron chi connectivity index (χ1n) is 3.45. The van der Waals surface area contributed by atoms with Crippen molar-refractivity contribution >= 4 is 18.3 Å². The van der Waals surface area contributed by atoms with Gasteiger partial charge >= 0.3 is 0 Å². The number of carbonyl (C=O) groups excluding carboxylic acids is 1. The molecule has 1 rings (SSSR count). The second-order valence-corrected chi connectivity index (χ2v) is 2.22. The molecule has 0 aromatic carbocycles. The van der Waals surface area contributed by atoms with Crippen LogP contribution in [0.3, 0.4) is 0 Å². The predicted molar refractivity (Wildman–Crippen MR) is 47.1 cm³/mol. The Hall–Kier alpha value is -1.71. The zero-order chi connectivity index (χ0) is 8.97. The Morgan fingerprint density at radius 1 is 1.67 bits per heavy atom. The van der Waals surface area contributed by atoms with Crippen molar-refractivity contribution in [2.24, 2.45) is 0 Å². The summed E-state index contributed by atoms with van der Waals surface area (Å²) in [6.45, 7) is 0. The van der Waals surface area contributed by atoms with Gasteiger partial charge in [0.2, 0.25) is 0 Å². The minimum atomic E-state index is 0.479. The summed E-state index contributed by atoms with van der Waals surface area (Å²) in [5.41, 5.74) is 1.09. The zero-order valence-electron chi connectivity index (χ0n) is 6.66. The Kier molecular flexibility index (Phi) is 2.53. The summed E-state index contributed by atoms with van der Waals surface area (Å²) in [5, 5.41) is 9.86. The number of carbonyl (C=O) groups is 1. The van der Waals surface area contributed by atoms with Gasteiger partial charge in [0.25, 0.3) is 0 Å². The second-order valence-electron chi connectivity index (χ2n) is 2.22. The Bertz CT molecular complexity index is 309. The molecule has 0 spiro atoms. The monoisotopic (exact) mass is 163 g/mol. The molecule has 4 heteroatoms. The molecule has 4 nitrogen and oxygen atoms in total. The molecule has 0 aliphatic rings. The topological polar surface area (TPSA) is 65.8 Å². The van der Waals surface area contributed by atoms with Crippen molar-refractivity contribution in [3.05, 3.63) is 23.4 Å². The van der Waals surface area contributed by atoms with Crippen molar-refractivity contribution in [2.45, 2.75) is 0 Å². The van der Waals surface area contributed by atoms with E-state index in [2.05, 4.69) is 10.3 Å². The van der Waals surface area contributed by atoms with Crippen LogP contribution in [-0.2, 0) is 0 Å². The summed E-state index contributed by atoms with van der Waals surface area (Å²) >= 11 is 0. The van der Waals surface area contributed by atoms with Gasteiger partial charge in [-0.15, -0.1) is 0 Å². The number of aromatic nitrogens is 1. The van der Waals surface area contributed by atoms with Gasteiger partial charge in [-0.3, -0.25) is 4.79 Å². The molecular formula is C8H9N3O. The minimum Gasteiger partial charge on any atom is -0.373 e. The number of hydrogen-bond acceptors (Lipinski definition) is 4. The highest BCUT2D eigenvalue weighted by Crippen LogP contribution is 2.09. The summed E-state index contributed by atoms with van der Waals surface area (Å²) in [6, 6.07) is 1.61. The molecule has 0 amide bonds. The number of anilines is 1. The number of rotatable bonds is 3. The first kappa shape index (κ1) is 8.39. The lowest BCUT2D eigenvalue weighted by Gasteiger charge is -2.02. The minimum absolute atomic E-state index is 0.479. The van der Waals surface area contributed by atoms with Gasteiger partial charge in [0, 0.05) is 30.6 Å². The van der Waals surface area contributed by atoms with Crippen molar-refractivity contribution < 1.29 is 4.79 Å². The lowest BCUT2D eigenvalue weighted by Crippen LogP contribution is -1.98. The molecule has 0 fully saturated rings. The van der Waals surface area contributed by atoms with E-state index in [0.717, 1.165) is 6.21 Å². The first-order chi connectivity index (χ1) is 5.81. The maximum absolute atomic E-state index is 10.3. The number of nitrogens with one attached hydrogen (secondary N) is 2. The third kappa shape index (κ3) is 1.47. The molecule has 0 saturated carbocycles. The molecule has 1 heterocycles. The number of hydrogen-bond donors (Lipinski definition) is 2. The zero-order valence-corrected chi connectivity index (χ0v) is 6.66. The fraction of sp³-hybridized carbons (Fsp3) is 0.125. The Balaban J connectivity index is 3.18. The van der Waals surface area contributed by atoms with Crippen LogP contribution in [0.15, 0.2) is 12.3 Å². The summed E-state index contributed by atoms with van der Waals surface area (Å²) in [5.74, 6) is 0.607. The number of pyridine rings is 1. The second kappa shape index (κ2) is 3.61. The predicted octanol–water partition coefficient (Wildman–Crippen LogP) is 0.933. The molecule has 0 bridgehead atoms. The van der Waals surface area contributed by atoms with Crippen LogP contribution in [0.1, 0.15) is 15.9 Å². The van der Waals surface area contributed by atoms with Crippen LogP contribution < -0.4 is 5.32 Å². The number of nitrogens with zero attached hydrogens (tertiary/aromatic N) is 1. The average molecular weight is 163 g/mol. The molecule has 1 aromatic heterocycles. The Morgan fingerprint density at radius 2 is 2.42 bits per heavy atom. The fourth-order valence-electron chi connectivity index (χ4n) is 0.882. The quantitative estimate of drug-likeness (QED) is 0.514. The third-order valence-corrected chi connectivity index (χ3v) is 1.47. The van der Waals surface area contributed by atoms with E-state index in [9.17, 15) is 4.79 Å². The van der Waals surface area contributed by atoms with E-state index in [1.807, 2.05) is 0 Å². The standard InChI is InChI=1S/C8H9N3O/c1-10-8-7(3-9)2-6(5-12)4-11-8/h2-5,9H,1H3,(H,10,11). The molecule has 2 N–H and O–H groups in total. The lowest BCUT2D eigenvalue weighted by molar-refractivity contribution is 0.112. The molecule has 1 aromatic rings. The average Bonchev–Trinajstić information content (AvgIpc) is 2.16. The third-order valence-electron chi connectivity index (χ3n) is 1.47. The Morgan fingerprint density at radius 3 is 2.92 bits per heavy atom. The van der Waals surface area contributed by atoms with Gasteiger partial charge in [0.1, 0.15) is 5.82 Å². The van der Waals surface area contributed by atoms with Crippen molar-refractivity contribution in [2.75, 3.05) is 12.4 Å². The van der Waals surface area contributed by atoms with Crippen LogP contribution in [0.2, 0.25) is 0 Å². The van der Waals surface area contributed by atoms with Crippen LogP contribution in [-0.4, -0.2) is 24.5 Å². The number of aldehydes is 1. The normalized spacial score (nSPS) is 9.08. The van der Waals surface area contributed by atoms with Crippen LogP contribution >= 0.6 is 0 Å². The van der Waals surface area contributed by atoms with Gasteiger partial charge in [0.15, 0.2) is 6.29 Å². The van der Waals surface area contributed by atoms with Gasteiger partial charge in [-0.1, -0.05) is 0 Å². The summed E-state index contributed by atoms with van der Waals surface area (Å²) < 4.78 is 0. The molecule has 0 radical (unpaired) electrons. The highest BCUT2D eigenvalue weighted by Gasteiger charge is 1.99. The van der Waals surface area contributed by atoms with E-state index < -0.39 is 0 Å². The first-order valence-corrected chi connectivity index (χ1v) is 3.45. The van der Waals surface area contributed by atoms with E-state index in [4.69, 9.17) is 5.41 Å².